The fourth-order valence-corrected chi connectivity index (χ4v) is 3.73. The van der Waals surface area contributed by atoms with Crippen molar-refractivity contribution >= 4 is 19.3 Å². The van der Waals surface area contributed by atoms with Crippen LogP contribution in [0.25, 0.3) is 0 Å². The molecule has 1 aromatic rings. The van der Waals surface area contributed by atoms with Crippen molar-refractivity contribution in [3.63, 3.8) is 0 Å². The van der Waals surface area contributed by atoms with Crippen molar-refractivity contribution in [2.75, 3.05) is 25.1 Å². The van der Waals surface area contributed by atoms with Gasteiger partial charge in [0.2, 0.25) is 0 Å². The van der Waals surface area contributed by atoms with Crippen LogP contribution in [0.15, 0.2) is 24.3 Å². The molecule has 0 atom stereocenters. The maximum Gasteiger partial charge on any atom is 0.335 e. The van der Waals surface area contributed by atoms with E-state index in [2.05, 4.69) is 5.32 Å². The third-order valence-electron chi connectivity index (χ3n) is 2.84. The van der Waals surface area contributed by atoms with Gasteiger partial charge in [0.25, 0.3) is 0 Å². The van der Waals surface area contributed by atoms with Gasteiger partial charge in [-0.25, -0.2) is 0 Å². The highest BCUT2D eigenvalue weighted by Gasteiger charge is 2.23. The van der Waals surface area contributed by atoms with Crippen molar-refractivity contribution in [1.29, 1.82) is 0 Å². The van der Waals surface area contributed by atoms with E-state index in [1.54, 1.807) is 13.8 Å². The zero-order valence-corrected chi connectivity index (χ0v) is 16.0. The van der Waals surface area contributed by atoms with Crippen LogP contribution < -0.4 is 5.32 Å². The van der Waals surface area contributed by atoms with Crippen molar-refractivity contribution in [2.45, 2.75) is 46.4 Å². The number of ether oxygens (including phenoxy) is 1. The molecule has 0 heterocycles. The van der Waals surface area contributed by atoms with E-state index in [1.807, 2.05) is 45.0 Å². The van der Waals surface area contributed by atoms with Crippen LogP contribution >= 0.6 is 7.60 Å². The summed E-state index contributed by atoms with van der Waals surface area (Å²) in [7, 11) is -3.11. The first-order valence-electron chi connectivity index (χ1n) is 8.10. The molecular formula is C17H28NO5P. The van der Waals surface area contributed by atoms with Gasteiger partial charge >= 0.3 is 13.6 Å². The standard InChI is InChI=1S/C17H28NO5P/c1-6-21-24(20,22-7-2)13-14-8-10-15(11-9-14)18-12-16(19)23-17(3,4)5/h8-11,18H,6-7,12-13H2,1-5H3. The Balaban J connectivity index is 2.59. The van der Waals surface area contributed by atoms with Crippen LogP contribution in [0, 0.1) is 0 Å². The van der Waals surface area contributed by atoms with E-state index < -0.39 is 13.2 Å². The average molecular weight is 357 g/mol. The lowest BCUT2D eigenvalue weighted by atomic mass is 10.2. The second kappa shape index (κ2) is 9.21. The Labute approximate surface area is 144 Å². The molecule has 0 saturated heterocycles. The van der Waals surface area contributed by atoms with E-state index in [9.17, 15) is 9.36 Å². The number of carbonyl (C=O) groups is 1. The van der Waals surface area contributed by atoms with Crippen molar-refractivity contribution in [3.05, 3.63) is 29.8 Å². The molecule has 0 unspecified atom stereocenters. The summed E-state index contributed by atoms with van der Waals surface area (Å²) in [6, 6.07) is 7.31. The molecule has 0 aliphatic heterocycles. The van der Waals surface area contributed by atoms with Gasteiger partial charge in [-0.1, -0.05) is 12.1 Å². The fraction of sp³-hybridized carbons (Fsp3) is 0.588. The lowest BCUT2D eigenvalue weighted by Gasteiger charge is -2.20. The van der Waals surface area contributed by atoms with E-state index in [1.165, 1.54) is 0 Å². The normalized spacial score (nSPS) is 12.0. The van der Waals surface area contributed by atoms with E-state index in [-0.39, 0.29) is 18.7 Å². The van der Waals surface area contributed by atoms with Gasteiger partial charge in [-0.05, 0) is 52.3 Å². The molecule has 0 spiro atoms. The lowest BCUT2D eigenvalue weighted by molar-refractivity contribution is -0.152. The fourth-order valence-electron chi connectivity index (χ4n) is 2.03. The molecule has 0 aromatic heterocycles. The molecule has 24 heavy (non-hydrogen) atoms. The summed E-state index contributed by atoms with van der Waals surface area (Å²) in [5, 5.41) is 3.00. The SMILES string of the molecule is CCOP(=O)(Cc1ccc(NCC(=O)OC(C)(C)C)cc1)OCC. The summed E-state index contributed by atoms with van der Waals surface area (Å²) in [6.07, 6.45) is 0.223. The zero-order chi connectivity index (χ0) is 18.2. The molecule has 0 radical (unpaired) electrons. The molecule has 0 saturated carbocycles. The quantitative estimate of drug-likeness (QED) is 0.527. The first-order chi connectivity index (χ1) is 11.2. The molecule has 0 aliphatic carbocycles. The number of hydrogen-bond donors (Lipinski definition) is 1. The number of benzene rings is 1. The smallest absolute Gasteiger partial charge is 0.335 e. The average Bonchev–Trinajstić information content (AvgIpc) is 2.45. The largest absolute Gasteiger partial charge is 0.459 e. The first kappa shape index (κ1) is 20.7. The maximum atomic E-state index is 12.5. The lowest BCUT2D eigenvalue weighted by Crippen LogP contribution is -2.28. The second-order valence-corrected chi connectivity index (χ2v) is 8.30. The highest BCUT2D eigenvalue weighted by Crippen LogP contribution is 2.51. The zero-order valence-electron chi connectivity index (χ0n) is 15.1. The van der Waals surface area contributed by atoms with Crippen LogP contribution in [-0.4, -0.2) is 31.3 Å². The van der Waals surface area contributed by atoms with Gasteiger partial charge in [0.05, 0.1) is 19.4 Å². The van der Waals surface area contributed by atoms with Crippen LogP contribution in [-0.2, 0) is 29.3 Å². The van der Waals surface area contributed by atoms with E-state index in [0.29, 0.717) is 13.2 Å². The maximum absolute atomic E-state index is 12.5. The number of nitrogens with one attached hydrogen (secondary N) is 1. The van der Waals surface area contributed by atoms with Crippen LogP contribution in [0.1, 0.15) is 40.2 Å². The number of esters is 1. The topological polar surface area (TPSA) is 73.9 Å². The minimum Gasteiger partial charge on any atom is -0.459 e. The monoisotopic (exact) mass is 357 g/mol. The Morgan fingerprint density at radius 3 is 2.08 bits per heavy atom. The van der Waals surface area contributed by atoms with Gasteiger partial charge in [-0.3, -0.25) is 9.36 Å². The summed E-state index contributed by atoms with van der Waals surface area (Å²) >= 11 is 0. The van der Waals surface area contributed by atoms with Crippen molar-refractivity contribution in [2.24, 2.45) is 0 Å². The first-order valence-corrected chi connectivity index (χ1v) is 9.83. The highest BCUT2D eigenvalue weighted by molar-refractivity contribution is 7.53. The Morgan fingerprint density at radius 1 is 1.08 bits per heavy atom. The molecule has 1 aromatic carbocycles. The van der Waals surface area contributed by atoms with E-state index in [4.69, 9.17) is 13.8 Å². The summed E-state index contributed by atoms with van der Waals surface area (Å²) in [5.74, 6) is -0.316. The molecule has 0 fully saturated rings. The Morgan fingerprint density at radius 2 is 1.62 bits per heavy atom. The van der Waals surface area contributed by atoms with Crippen LogP contribution in [0.4, 0.5) is 5.69 Å². The third-order valence-corrected chi connectivity index (χ3v) is 4.89. The number of hydrogen-bond acceptors (Lipinski definition) is 6. The molecular weight excluding hydrogens is 329 g/mol. The van der Waals surface area contributed by atoms with E-state index >= 15 is 0 Å². The minimum absolute atomic E-state index is 0.0903. The van der Waals surface area contributed by atoms with Gasteiger partial charge < -0.3 is 19.1 Å². The number of rotatable bonds is 9. The molecule has 1 rings (SSSR count). The van der Waals surface area contributed by atoms with Gasteiger partial charge in [0.15, 0.2) is 0 Å². The van der Waals surface area contributed by atoms with Crippen LogP contribution in [0.2, 0.25) is 0 Å². The predicted octanol–water partition coefficient (Wildman–Crippen LogP) is 4.21. The van der Waals surface area contributed by atoms with Gasteiger partial charge in [0, 0.05) is 5.69 Å². The summed E-state index contributed by atoms with van der Waals surface area (Å²) in [6.45, 7) is 9.83. The Bertz CT molecular complexity index is 555. The number of anilines is 1. The number of carbonyl (C=O) groups excluding carboxylic acids is 1. The third kappa shape index (κ3) is 7.95. The van der Waals surface area contributed by atoms with Crippen LogP contribution in [0.3, 0.4) is 0 Å². The van der Waals surface area contributed by atoms with Crippen LogP contribution in [0.5, 0.6) is 0 Å². The van der Waals surface area contributed by atoms with E-state index in [0.717, 1.165) is 11.3 Å². The highest BCUT2D eigenvalue weighted by atomic mass is 31.2. The Kier molecular flexibility index (Phi) is 7.94. The molecule has 0 bridgehead atoms. The minimum atomic E-state index is -3.11. The second-order valence-electron chi connectivity index (χ2n) is 6.24. The molecule has 136 valence electrons. The summed E-state index contributed by atoms with van der Waals surface area (Å²) in [4.78, 5) is 11.7. The Hall–Kier alpha value is -1.36. The molecule has 7 heteroatoms. The predicted molar refractivity (Wildman–Crippen MR) is 95.3 cm³/mol. The summed E-state index contributed by atoms with van der Waals surface area (Å²) in [5.41, 5.74) is 1.14. The molecule has 6 nitrogen and oxygen atoms in total. The van der Waals surface area contributed by atoms with Gasteiger partial charge in [0.1, 0.15) is 12.1 Å². The van der Waals surface area contributed by atoms with Gasteiger partial charge in [-0.2, -0.15) is 0 Å². The molecule has 1 N–H and O–H groups in total. The molecule has 0 aliphatic rings. The van der Waals surface area contributed by atoms with Crippen molar-refractivity contribution in [1.82, 2.24) is 0 Å². The van der Waals surface area contributed by atoms with Crippen molar-refractivity contribution in [3.8, 4) is 0 Å². The van der Waals surface area contributed by atoms with Crippen molar-refractivity contribution < 1.29 is 23.1 Å². The molecule has 0 amide bonds. The summed E-state index contributed by atoms with van der Waals surface area (Å²) < 4.78 is 28.3. The van der Waals surface area contributed by atoms with Gasteiger partial charge in [-0.15, -0.1) is 0 Å².